The largest absolute Gasteiger partial charge is 0.390 e. The summed E-state index contributed by atoms with van der Waals surface area (Å²) in [7, 11) is -3.50. The quantitative estimate of drug-likeness (QED) is 0.224. The Bertz CT molecular complexity index is 1290. The van der Waals surface area contributed by atoms with Gasteiger partial charge in [-0.2, -0.15) is 0 Å². The van der Waals surface area contributed by atoms with Gasteiger partial charge < -0.3 is 15.7 Å². The van der Waals surface area contributed by atoms with Gasteiger partial charge in [0.15, 0.2) is 5.82 Å². The number of aromatic nitrogens is 1. The summed E-state index contributed by atoms with van der Waals surface area (Å²) in [5.74, 6) is -1.88. The van der Waals surface area contributed by atoms with E-state index in [1.165, 1.54) is 5.38 Å². The van der Waals surface area contributed by atoms with E-state index in [1.54, 1.807) is 0 Å². The molecule has 1 aromatic heterocycles. The fraction of sp³-hybridized carbons (Fsp3) is 0.304. The summed E-state index contributed by atoms with van der Waals surface area (Å²) in [6, 6.07) is 10.0. The Morgan fingerprint density at radius 3 is 2.56 bits per heavy atom. The van der Waals surface area contributed by atoms with Crippen LogP contribution >= 0.6 is 33.9 Å². The van der Waals surface area contributed by atoms with E-state index in [0.29, 0.717) is 11.6 Å². The second kappa shape index (κ2) is 12.9. The van der Waals surface area contributed by atoms with E-state index in [2.05, 4.69) is 42.9 Å². The fourth-order valence-electron chi connectivity index (χ4n) is 3.44. The van der Waals surface area contributed by atoms with Crippen molar-refractivity contribution in [3.05, 3.63) is 79.2 Å². The number of nitrogens with one attached hydrogen (secondary N) is 3. The van der Waals surface area contributed by atoms with Gasteiger partial charge in [0, 0.05) is 28.1 Å². The predicted octanol–water partition coefficient (Wildman–Crippen LogP) is 2.82. The highest BCUT2D eigenvalue weighted by molar-refractivity contribution is 14.1. The van der Waals surface area contributed by atoms with Crippen molar-refractivity contribution in [1.82, 2.24) is 15.6 Å². The van der Waals surface area contributed by atoms with Gasteiger partial charge in [0.2, 0.25) is 15.9 Å². The Hall–Kier alpha value is -2.20. The molecule has 194 valence electrons. The number of benzene rings is 2. The molecule has 1 heterocycles. The van der Waals surface area contributed by atoms with Crippen molar-refractivity contribution in [1.29, 1.82) is 0 Å². The van der Waals surface area contributed by atoms with Crippen molar-refractivity contribution >= 4 is 55.7 Å². The average molecular weight is 651 g/mol. The van der Waals surface area contributed by atoms with Crippen LogP contribution in [0.25, 0.3) is 0 Å². The molecule has 3 aromatic rings. The maximum atomic E-state index is 13.7. The first-order valence-electron chi connectivity index (χ1n) is 10.8. The summed E-state index contributed by atoms with van der Waals surface area (Å²) in [6.07, 6.45) is -0.244. The SMILES string of the molecule is CS(=O)(=O)Nc1csc(CC(=O)N[C@@H](Cc2cc(F)cc(F)c2)[C@H](O)CNCc2cccc(I)c2)n1. The molecule has 1 amide bonds. The van der Waals surface area contributed by atoms with Gasteiger partial charge >= 0.3 is 0 Å². The predicted molar refractivity (Wildman–Crippen MR) is 143 cm³/mol. The van der Waals surface area contributed by atoms with Crippen molar-refractivity contribution < 1.29 is 27.1 Å². The molecule has 8 nitrogen and oxygen atoms in total. The van der Waals surface area contributed by atoms with Gasteiger partial charge in [-0.05, 0) is 64.4 Å². The van der Waals surface area contributed by atoms with Crippen molar-refractivity contribution in [3.63, 3.8) is 0 Å². The van der Waals surface area contributed by atoms with E-state index in [-0.39, 0.29) is 30.8 Å². The third-order valence-electron chi connectivity index (χ3n) is 4.91. The van der Waals surface area contributed by atoms with Crippen LogP contribution in [-0.4, -0.2) is 49.4 Å². The molecule has 0 aliphatic carbocycles. The minimum atomic E-state index is -3.50. The molecule has 0 saturated carbocycles. The molecule has 0 bridgehead atoms. The van der Waals surface area contributed by atoms with E-state index in [0.717, 1.165) is 44.9 Å². The molecule has 2 atom stereocenters. The Morgan fingerprint density at radius 1 is 1.17 bits per heavy atom. The Kier molecular flexibility index (Phi) is 10.1. The summed E-state index contributed by atoms with van der Waals surface area (Å²) >= 11 is 3.31. The number of halogens is 3. The zero-order chi connectivity index (χ0) is 26.3. The number of carbonyl (C=O) groups is 1. The number of sulfonamides is 1. The van der Waals surface area contributed by atoms with Gasteiger partial charge in [0.05, 0.1) is 24.8 Å². The van der Waals surface area contributed by atoms with Gasteiger partial charge in [-0.15, -0.1) is 11.3 Å². The van der Waals surface area contributed by atoms with Gasteiger partial charge in [0.1, 0.15) is 16.6 Å². The van der Waals surface area contributed by atoms with Gasteiger partial charge in [0.25, 0.3) is 0 Å². The first-order chi connectivity index (χ1) is 17.0. The Morgan fingerprint density at radius 2 is 1.89 bits per heavy atom. The van der Waals surface area contributed by atoms with Crippen LogP contribution < -0.4 is 15.4 Å². The number of amides is 1. The first kappa shape index (κ1) is 28.4. The standard InChI is InChI=1S/C23H25F2IN4O4S2/c1-36(33,34)30-21-13-35-23(29-21)10-22(32)28-19(8-15-5-16(24)9-17(25)6-15)20(31)12-27-11-14-3-2-4-18(26)7-14/h2-7,9,13,19-20,27,30-31H,8,10-12H2,1H3,(H,28,32)/t19-,20+/m0/s1. The molecule has 0 aliphatic heterocycles. The fourth-order valence-corrected chi connectivity index (χ4v) is 5.34. The van der Waals surface area contributed by atoms with Crippen LogP contribution in [-0.2, 0) is 34.2 Å². The van der Waals surface area contributed by atoms with Crippen LogP contribution in [0.4, 0.5) is 14.6 Å². The van der Waals surface area contributed by atoms with Gasteiger partial charge in [-0.3, -0.25) is 9.52 Å². The zero-order valence-electron chi connectivity index (χ0n) is 19.2. The first-order valence-corrected chi connectivity index (χ1v) is 14.6. The van der Waals surface area contributed by atoms with Crippen molar-refractivity contribution in [2.45, 2.75) is 31.5 Å². The minimum absolute atomic E-state index is 0.00868. The lowest BCUT2D eigenvalue weighted by Crippen LogP contribution is -2.49. The summed E-state index contributed by atoms with van der Waals surface area (Å²) in [5, 5.41) is 18.5. The van der Waals surface area contributed by atoms with Crippen LogP contribution in [0.5, 0.6) is 0 Å². The van der Waals surface area contributed by atoms with Crippen molar-refractivity contribution in [2.75, 3.05) is 17.5 Å². The molecule has 4 N–H and O–H groups in total. The van der Waals surface area contributed by atoms with Crippen LogP contribution in [0, 0.1) is 15.2 Å². The van der Waals surface area contributed by atoms with Gasteiger partial charge in [-0.1, -0.05) is 12.1 Å². The number of anilines is 1. The molecule has 0 saturated heterocycles. The number of carbonyl (C=O) groups excluding carboxylic acids is 1. The number of aliphatic hydroxyl groups excluding tert-OH is 1. The normalized spacial score (nSPS) is 13.2. The highest BCUT2D eigenvalue weighted by Crippen LogP contribution is 2.17. The van der Waals surface area contributed by atoms with Crippen LogP contribution in [0.3, 0.4) is 0 Å². The summed E-state index contributed by atoms with van der Waals surface area (Å²) in [5.41, 5.74) is 1.30. The molecule has 0 fully saturated rings. The summed E-state index contributed by atoms with van der Waals surface area (Å²) in [6.45, 7) is 0.603. The number of hydrogen-bond acceptors (Lipinski definition) is 7. The highest BCUT2D eigenvalue weighted by atomic mass is 127. The van der Waals surface area contributed by atoms with Crippen molar-refractivity contribution in [2.24, 2.45) is 0 Å². The van der Waals surface area contributed by atoms with Gasteiger partial charge in [-0.25, -0.2) is 22.2 Å². The lowest BCUT2D eigenvalue weighted by atomic mass is 10.0. The summed E-state index contributed by atoms with van der Waals surface area (Å²) in [4.78, 5) is 16.8. The molecular formula is C23H25F2IN4O4S2. The maximum Gasteiger partial charge on any atom is 0.230 e. The summed E-state index contributed by atoms with van der Waals surface area (Å²) < 4.78 is 53.4. The molecule has 3 rings (SSSR count). The van der Waals surface area contributed by atoms with Crippen LogP contribution in [0.15, 0.2) is 47.8 Å². The second-order valence-electron chi connectivity index (χ2n) is 8.16. The topological polar surface area (TPSA) is 120 Å². The third kappa shape index (κ3) is 9.69. The minimum Gasteiger partial charge on any atom is -0.390 e. The molecule has 2 aromatic carbocycles. The van der Waals surface area contributed by atoms with Crippen LogP contribution in [0.2, 0.25) is 0 Å². The molecule has 0 unspecified atom stereocenters. The second-order valence-corrected chi connectivity index (χ2v) is 12.1. The zero-order valence-corrected chi connectivity index (χ0v) is 23.0. The number of thiazole rings is 1. The molecule has 0 aliphatic rings. The van der Waals surface area contributed by atoms with E-state index in [1.807, 2.05) is 24.3 Å². The number of nitrogens with zero attached hydrogens (tertiary/aromatic N) is 1. The molecule has 0 spiro atoms. The van der Waals surface area contributed by atoms with E-state index in [4.69, 9.17) is 0 Å². The van der Waals surface area contributed by atoms with Crippen LogP contribution in [0.1, 0.15) is 16.1 Å². The lowest BCUT2D eigenvalue weighted by molar-refractivity contribution is -0.122. The number of hydrogen-bond donors (Lipinski definition) is 4. The Labute approximate surface area is 225 Å². The van der Waals surface area contributed by atoms with E-state index < -0.39 is 39.7 Å². The lowest BCUT2D eigenvalue weighted by Gasteiger charge is -2.25. The van der Waals surface area contributed by atoms with E-state index >= 15 is 0 Å². The maximum absolute atomic E-state index is 13.7. The Balaban J connectivity index is 1.66. The monoisotopic (exact) mass is 650 g/mol. The molecule has 0 radical (unpaired) electrons. The molecular weight excluding hydrogens is 625 g/mol. The van der Waals surface area contributed by atoms with E-state index in [9.17, 15) is 27.1 Å². The average Bonchev–Trinajstić information content (AvgIpc) is 3.17. The molecule has 36 heavy (non-hydrogen) atoms. The third-order valence-corrected chi connectivity index (χ3v) is 7.01. The number of aliphatic hydroxyl groups is 1. The highest BCUT2D eigenvalue weighted by Gasteiger charge is 2.23. The molecule has 13 heteroatoms. The number of rotatable bonds is 12. The smallest absolute Gasteiger partial charge is 0.230 e. The van der Waals surface area contributed by atoms with Crippen molar-refractivity contribution in [3.8, 4) is 0 Å².